The van der Waals surface area contributed by atoms with Gasteiger partial charge in [0, 0.05) is 16.6 Å². The summed E-state index contributed by atoms with van der Waals surface area (Å²) in [5.74, 6) is -0.835. The summed E-state index contributed by atoms with van der Waals surface area (Å²) in [5, 5.41) is 0. The van der Waals surface area contributed by atoms with E-state index in [1.165, 1.54) is 4.90 Å². The highest BCUT2D eigenvalue weighted by Crippen LogP contribution is 2.25. The van der Waals surface area contributed by atoms with E-state index in [0.717, 1.165) is 22.2 Å². The van der Waals surface area contributed by atoms with Gasteiger partial charge in [0.15, 0.2) is 0 Å². The Morgan fingerprint density at radius 3 is 2.12 bits per heavy atom. The lowest BCUT2D eigenvalue weighted by molar-refractivity contribution is -0.119. The first-order valence-electron chi connectivity index (χ1n) is 8.54. The lowest BCUT2D eigenvalue weighted by atomic mass is 10.1. The third-order valence-electron chi connectivity index (χ3n) is 4.34. The van der Waals surface area contributed by atoms with E-state index >= 15 is 0 Å². The Bertz CT molecular complexity index is 813. The fourth-order valence-corrected chi connectivity index (χ4v) is 3.16. The number of anilines is 1. The lowest BCUT2D eigenvalue weighted by Crippen LogP contribution is -2.44. The molecule has 0 aliphatic carbocycles. The van der Waals surface area contributed by atoms with Gasteiger partial charge in [0.05, 0.1) is 11.1 Å². The van der Waals surface area contributed by atoms with E-state index in [-0.39, 0.29) is 24.4 Å². The van der Waals surface area contributed by atoms with E-state index < -0.39 is 0 Å². The van der Waals surface area contributed by atoms with E-state index in [1.807, 2.05) is 19.1 Å². The van der Waals surface area contributed by atoms with Gasteiger partial charge in [0.1, 0.15) is 6.67 Å². The Labute approximate surface area is 160 Å². The van der Waals surface area contributed by atoms with Crippen LogP contribution < -0.4 is 4.90 Å². The van der Waals surface area contributed by atoms with Crippen LogP contribution in [0, 0.1) is 0 Å². The zero-order chi connectivity index (χ0) is 18.7. The number of carbonyl (C=O) groups is 3. The molecule has 1 aliphatic rings. The summed E-state index contributed by atoms with van der Waals surface area (Å²) in [7, 11) is 0. The molecule has 2 aromatic rings. The van der Waals surface area contributed by atoms with Crippen LogP contribution in [-0.2, 0) is 4.79 Å². The van der Waals surface area contributed by atoms with Crippen LogP contribution in [0.5, 0.6) is 0 Å². The van der Waals surface area contributed by atoms with Crippen LogP contribution in [0.2, 0.25) is 0 Å². The number of halogens is 1. The van der Waals surface area contributed by atoms with Gasteiger partial charge in [-0.15, -0.1) is 0 Å². The van der Waals surface area contributed by atoms with Crippen LogP contribution >= 0.6 is 15.9 Å². The van der Waals surface area contributed by atoms with Gasteiger partial charge >= 0.3 is 0 Å². The third-order valence-corrected chi connectivity index (χ3v) is 4.87. The molecule has 0 atom stereocenters. The number of nitrogens with zero attached hydrogens (tertiary/aromatic N) is 2. The number of imide groups is 1. The fourth-order valence-electron chi connectivity index (χ4n) is 2.90. The second-order valence-electron chi connectivity index (χ2n) is 6.13. The minimum Gasteiger partial charge on any atom is -0.294 e. The van der Waals surface area contributed by atoms with Crippen LogP contribution in [0.1, 0.15) is 46.9 Å². The number of amides is 3. The molecule has 0 unspecified atom stereocenters. The Morgan fingerprint density at radius 1 is 1.00 bits per heavy atom. The summed E-state index contributed by atoms with van der Waals surface area (Å²) in [4.78, 5) is 40.6. The average molecular weight is 415 g/mol. The van der Waals surface area contributed by atoms with Gasteiger partial charge in [-0.3, -0.25) is 24.2 Å². The molecule has 0 saturated heterocycles. The van der Waals surface area contributed by atoms with Crippen molar-refractivity contribution in [2.45, 2.75) is 26.2 Å². The van der Waals surface area contributed by atoms with Gasteiger partial charge in [-0.05, 0) is 42.8 Å². The summed E-state index contributed by atoms with van der Waals surface area (Å²) >= 11 is 3.38. The summed E-state index contributed by atoms with van der Waals surface area (Å²) < 4.78 is 0.892. The molecule has 26 heavy (non-hydrogen) atoms. The summed E-state index contributed by atoms with van der Waals surface area (Å²) in [6.45, 7) is 1.93. The third kappa shape index (κ3) is 3.55. The Hall–Kier alpha value is -2.47. The minimum atomic E-state index is -0.365. The van der Waals surface area contributed by atoms with Gasteiger partial charge < -0.3 is 0 Å². The Morgan fingerprint density at radius 2 is 1.58 bits per heavy atom. The molecule has 5 nitrogen and oxygen atoms in total. The maximum absolute atomic E-state index is 12.7. The molecule has 0 N–H and O–H groups in total. The Balaban J connectivity index is 1.89. The van der Waals surface area contributed by atoms with Crippen molar-refractivity contribution in [3.63, 3.8) is 0 Å². The topological polar surface area (TPSA) is 57.7 Å². The molecular weight excluding hydrogens is 396 g/mol. The summed E-state index contributed by atoms with van der Waals surface area (Å²) in [5.41, 5.74) is 1.43. The second kappa shape index (κ2) is 7.83. The summed E-state index contributed by atoms with van der Waals surface area (Å²) in [6.07, 6.45) is 2.02. The van der Waals surface area contributed by atoms with Crippen molar-refractivity contribution >= 4 is 39.3 Å². The molecule has 134 valence electrons. The first kappa shape index (κ1) is 18.3. The van der Waals surface area contributed by atoms with Gasteiger partial charge in [-0.2, -0.15) is 0 Å². The van der Waals surface area contributed by atoms with Crippen molar-refractivity contribution in [1.82, 2.24) is 4.90 Å². The zero-order valence-corrected chi connectivity index (χ0v) is 16.0. The SMILES string of the molecule is CCCCC(=O)N(CN1C(=O)c2ccccc2C1=O)c1ccc(Br)cc1. The first-order valence-corrected chi connectivity index (χ1v) is 9.33. The second-order valence-corrected chi connectivity index (χ2v) is 7.04. The smallest absolute Gasteiger partial charge is 0.263 e. The molecule has 0 fully saturated rings. The lowest BCUT2D eigenvalue weighted by Gasteiger charge is -2.27. The Kier molecular flexibility index (Phi) is 5.52. The highest BCUT2D eigenvalue weighted by atomic mass is 79.9. The fraction of sp³-hybridized carbons (Fsp3) is 0.250. The van der Waals surface area contributed by atoms with Crippen molar-refractivity contribution < 1.29 is 14.4 Å². The average Bonchev–Trinajstić information content (AvgIpc) is 2.90. The van der Waals surface area contributed by atoms with E-state index in [1.54, 1.807) is 36.4 Å². The van der Waals surface area contributed by atoms with Gasteiger partial charge in [-0.25, -0.2) is 0 Å². The molecule has 3 amide bonds. The minimum absolute atomic E-state index is 0.0868. The van der Waals surface area contributed by atoms with E-state index in [2.05, 4.69) is 15.9 Å². The normalized spacial score (nSPS) is 13.1. The predicted octanol–water partition coefficient (Wildman–Crippen LogP) is 4.23. The number of hydrogen-bond acceptors (Lipinski definition) is 3. The molecule has 0 bridgehead atoms. The molecule has 1 aliphatic heterocycles. The monoisotopic (exact) mass is 414 g/mol. The number of hydrogen-bond donors (Lipinski definition) is 0. The molecule has 2 aromatic carbocycles. The molecule has 3 rings (SSSR count). The molecule has 0 radical (unpaired) electrons. The molecule has 1 heterocycles. The van der Waals surface area contributed by atoms with Gasteiger partial charge in [0.2, 0.25) is 5.91 Å². The maximum atomic E-state index is 12.7. The van der Waals surface area contributed by atoms with E-state index in [9.17, 15) is 14.4 Å². The molecule has 0 aromatic heterocycles. The van der Waals surface area contributed by atoms with Crippen molar-refractivity contribution in [2.75, 3.05) is 11.6 Å². The maximum Gasteiger partial charge on any atom is 0.263 e. The standard InChI is InChI=1S/C20H19BrN2O3/c1-2-3-8-18(24)22(15-11-9-14(21)10-12-15)13-23-19(25)16-6-4-5-7-17(16)20(23)26/h4-7,9-12H,2-3,8,13H2,1H3. The van der Waals surface area contributed by atoms with Gasteiger partial charge in [0.25, 0.3) is 11.8 Å². The highest BCUT2D eigenvalue weighted by molar-refractivity contribution is 9.10. The zero-order valence-electron chi connectivity index (χ0n) is 14.4. The van der Waals surface area contributed by atoms with Crippen LogP contribution in [0.15, 0.2) is 53.0 Å². The van der Waals surface area contributed by atoms with Crippen LogP contribution in [0.3, 0.4) is 0 Å². The summed E-state index contributed by atoms with van der Waals surface area (Å²) in [6, 6.07) is 14.0. The molecule has 0 saturated carbocycles. The van der Waals surface area contributed by atoms with Crippen molar-refractivity contribution in [1.29, 1.82) is 0 Å². The van der Waals surface area contributed by atoms with Crippen LogP contribution in [0.25, 0.3) is 0 Å². The number of benzene rings is 2. The van der Waals surface area contributed by atoms with Crippen molar-refractivity contribution in [3.8, 4) is 0 Å². The molecule has 6 heteroatoms. The quantitative estimate of drug-likeness (QED) is 0.664. The number of carbonyl (C=O) groups excluding carboxylic acids is 3. The number of fused-ring (bicyclic) bond motifs is 1. The molecular formula is C20H19BrN2O3. The van der Waals surface area contributed by atoms with Crippen LogP contribution in [0.4, 0.5) is 5.69 Å². The predicted molar refractivity (Wildman–Crippen MR) is 103 cm³/mol. The van der Waals surface area contributed by atoms with Gasteiger partial charge in [-0.1, -0.05) is 41.4 Å². The van der Waals surface area contributed by atoms with Crippen molar-refractivity contribution in [2.24, 2.45) is 0 Å². The largest absolute Gasteiger partial charge is 0.294 e. The first-order chi connectivity index (χ1) is 12.5. The highest BCUT2D eigenvalue weighted by Gasteiger charge is 2.37. The van der Waals surface area contributed by atoms with E-state index in [4.69, 9.17) is 0 Å². The number of rotatable bonds is 6. The number of unbranched alkanes of at least 4 members (excludes halogenated alkanes) is 1. The van der Waals surface area contributed by atoms with E-state index in [0.29, 0.717) is 23.2 Å². The van der Waals surface area contributed by atoms with Crippen molar-refractivity contribution in [3.05, 3.63) is 64.1 Å². The molecule has 0 spiro atoms. The van der Waals surface area contributed by atoms with Crippen LogP contribution in [-0.4, -0.2) is 29.3 Å².